The van der Waals surface area contributed by atoms with E-state index in [0.717, 1.165) is 19.3 Å². The Morgan fingerprint density at radius 3 is 2.80 bits per heavy atom. The van der Waals surface area contributed by atoms with Crippen molar-refractivity contribution in [2.45, 2.75) is 25.7 Å². The lowest BCUT2D eigenvalue weighted by Gasteiger charge is -2.02. The Labute approximate surface area is 91.0 Å². The predicted molar refractivity (Wildman–Crippen MR) is 58.9 cm³/mol. The van der Waals surface area contributed by atoms with E-state index in [0.29, 0.717) is 6.42 Å². The molecule has 0 aromatic rings. The second-order valence-electron chi connectivity index (χ2n) is 3.13. The van der Waals surface area contributed by atoms with Gasteiger partial charge in [-0.1, -0.05) is 18.2 Å². The topological polar surface area (TPSA) is 50.1 Å². The number of ether oxygens (including phenoxy) is 1. The fraction of sp³-hybridized carbons (Fsp3) is 0.500. The minimum Gasteiger partial charge on any atom is -0.468 e. The number of hydrogen-bond acceptors (Lipinski definition) is 3. The minimum atomic E-state index is -0.675. The highest BCUT2D eigenvalue weighted by atomic mass is 16.5. The van der Waals surface area contributed by atoms with Crippen molar-refractivity contribution >= 4 is 5.97 Å². The molecule has 15 heavy (non-hydrogen) atoms. The van der Waals surface area contributed by atoms with Crippen molar-refractivity contribution in [2.75, 3.05) is 7.11 Å². The van der Waals surface area contributed by atoms with Crippen LogP contribution < -0.4 is 0 Å². The molecule has 0 saturated carbocycles. The summed E-state index contributed by atoms with van der Waals surface area (Å²) in [5.41, 5.74) is 0. The first-order chi connectivity index (χ1) is 7.26. The van der Waals surface area contributed by atoms with Crippen LogP contribution in [-0.4, -0.2) is 13.1 Å². The van der Waals surface area contributed by atoms with Crippen LogP contribution >= 0.6 is 0 Å². The molecule has 0 radical (unpaired) electrons. The van der Waals surface area contributed by atoms with E-state index in [1.807, 2.05) is 24.3 Å². The van der Waals surface area contributed by atoms with E-state index >= 15 is 0 Å². The Balaban J connectivity index is 3.76. The molecule has 0 aromatic heterocycles. The number of methoxy groups -OCH3 is 1. The molecule has 0 spiro atoms. The Morgan fingerprint density at radius 1 is 1.53 bits per heavy atom. The first-order valence-electron chi connectivity index (χ1n) is 4.99. The fourth-order valence-electron chi connectivity index (χ4n) is 1.07. The van der Waals surface area contributed by atoms with Crippen molar-refractivity contribution < 1.29 is 9.53 Å². The van der Waals surface area contributed by atoms with Crippen molar-refractivity contribution in [2.24, 2.45) is 5.92 Å². The van der Waals surface area contributed by atoms with Gasteiger partial charge in [0.15, 0.2) is 0 Å². The SMILES string of the molecule is C=CCCC/C=C/CC(C#N)C(=O)OC. The summed E-state index contributed by atoms with van der Waals surface area (Å²) in [5.74, 6) is -1.14. The van der Waals surface area contributed by atoms with E-state index in [-0.39, 0.29) is 0 Å². The molecule has 1 atom stereocenters. The van der Waals surface area contributed by atoms with E-state index in [1.54, 1.807) is 0 Å². The number of rotatable bonds is 7. The van der Waals surface area contributed by atoms with Crippen LogP contribution in [0.25, 0.3) is 0 Å². The highest BCUT2D eigenvalue weighted by Gasteiger charge is 2.15. The molecule has 82 valence electrons. The Kier molecular flexibility index (Phi) is 8.08. The molecule has 0 fully saturated rings. The molecular weight excluding hydrogens is 190 g/mol. The Bertz CT molecular complexity index is 263. The van der Waals surface area contributed by atoms with Crippen molar-refractivity contribution in [3.8, 4) is 6.07 Å². The molecule has 3 heteroatoms. The number of unbranched alkanes of at least 4 members (excludes halogenated alkanes) is 2. The summed E-state index contributed by atoms with van der Waals surface area (Å²) in [4.78, 5) is 11.0. The van der Waals surface area contributed by atoms with Crippen molar-refractivity contribution in [3.05, 3.63) is 24.8 Å². The number of nitriles is 1. The van der Waals surface area contributed by atoms with Crippen LogP contribution in [0.3, 0.4) is 0 Å². The number of carbonyl (C=O) groups excluding carboxylic acids is 1. The predicted octanol–water partition coefficient (Wildman–Crippen LogP) is 2.60. The van der Waals surface area contributed by atoms with Crippen LogP contribution in [0.5, 0.6) is 0 Å². The van der Waals surface area contributed by atoms with Gasteiger partial charge in [-0.3, -0.25) is 4.79 Å². The summed E-state index contributed by atoms with van der Waals surface area (Å²) >= 11 is 0. The second kappa shape index (κ2) is 9.01. The zero-order valence-corrected chi connectivity index (χ0v) is 9.11. The van der Waals surface area contributed by atoms with Gasteiger partial charge in [0.05, 0.1) is 13.2 Å². The molecular formula is C12H17NO2. The van der Waals surface area contributed by atoms with Crippen molar-refractivity contribution in [1.29, 1.82) is 5.26 Å². The average Bonchev–Trinajstić information content (AvgIpc) is 2.27. The summed E-state index contributed by atoms with van der Waals surface area (Å²) < 4.78 is 4.49. The molecule has 0 saturated heterocycles. The van der Waals surface area contributed by atoms with Crippen LogP contribution in [0.2, 0.25) is 0 Å². The van der Waals surface area contributed by atoms with Gasteiger partial charge in [0, 0.05) is 0 Å². The highest BCUT2D eigenvalue weighted by molar-refractivity contribution is 5.75. The first kappa shape index (κ1) is 13.4. The van der Waals surface area contributed by atoms with Gasteiger partial charge in [-0.25, -0.2) is 0 Å². The maximum absolute atomic E-state index is 11.0. The lowest BCUT2D eigenvalue weighted by molar-refractivity contribution is -0.143. The number of allylic oxidation sites excluding steroid dienone is 3. The standard InChI is InChI=1S/C12H17NO2/c1-3-4-5-6-7-8-9-11(10-13)12(14)15-2/h3,7-8,11H,1,4-6,9H2,2H3/b8-7+. The molecule has 0 heterocycles. The number of nitrogens with zero attached hydrogens (tertiary/aromatic N) is 1. The van der Waals surface area contributed by atoms with Gasteiger partial charge in [-0.05, 0) is 25.7 Å². The third kappa shape index (κ3) is 6.50. The number of esters is 1. The lowest BCUT2D eigenvalue weighted by atomic mass is 10.1. The van der Waals surface area contributed by atoms with E-state index in [9.17, 15) is 4.79 Å². The summed E-state index contributed by atoms with van der Waals surface area (Å²) in [6, 6.07) is 1.91. The van der Waals surface area contributed by atoms with Crippen LogP contribution in [0.1, 0.15) is 25.7 Å². The normalized spacial score (nSPS) is 12.0. The molecule has 0 aliphatic carbocycles. The van der Waals surface area contributed by atoms with E-state index in [2.05, 4.69) is 11.3 Å². The third-order valence-corrected chi connectivity index (χ3v) is 1.96. The maximum atomic E-state index is 11.0. The van der Waals surface area contributed by atoms with Gasteiger partial charge in [-0.15, -0.1) is 6.58 Å². The van der Waals surface area contributed by atoms with Crippen LogP contribution in [0.15, 0.2) is 24.8 Å². The van der Waals surface area contributed by atoms with Crippen LogP contribution in [0.4, 0.5) is 0 Å². The van der Waals surface area contributed by atoms with Crippen molar-refractivity contribution in [3.63, 3.8) is 0 Å². The van der Waals surface area contributed by atoms with Gasteiger partial charge < -0.3 is 4.74 Å². The van der Waals surface area contributed by atoms with E-state index < -0.39 is 11.9 Å². The molecule has 0 aliphatic rings. The largest absolute Gasteiger partial charge is 0.468 e. The Hall–Kier alpha value is -1.56. The fourth-order valence-corrected chi connectivity index (χ4v) is 1.07. The molecule has 1 unspecified atom stereocenters. The summed E-state index contributed by atoms with van der Waals surface area (Å²) in [6.45, 7) is 3.63. The monoisotopic (exact) mass is 207 g/mol. The zero-order chi connectivity index (χ0) is 11.5. The molecule has 0 aromatic carbocycles. The first-order valence-corrected chi connectivity index (χ1v) is 4.99. The van der Waals surface area contributed by atoms with Gasteiger partial charge >= 0.3 is 5.97 Å². The number of carbonyl (C=O) groups is 1. The molecule has 0 bridgehead atoms. The lowest BCUT2D eigenvalue weighted by Crippen LogP contribution is -2.13. The summed E-state index contributed by atoms with van der Waals surface area (Å²) in [7, 11) is 1.29. The van der Waals surface area contributed by atoms with E-state index in [1.165, 1.54) is 7.11 Å². The minimum absolute atomic E-state index is 0.428. The Morgan fingerprint density at radius 2 is 2.27 bits per heavy atom. The smallest absolute Gasteiger partial charge is 0.323 e. The number of hydrogen-bond donors (Lipinski definition) is 0. The zero-order valence-electron chi connectivity index (χ0n) is 9.11. The van der Waals surface area contributed by atoms with Gasteiger partial charge in [-0.2, -0.15) is 5.26 Å². The summed E-state index contributed by atoms with van der Waals surface area (Å²) in [5, 5.41) is 8.67. The second-order valence-corrected chi connectivity index (χ2v) is 3.13. The quantitative estimate of drug-likeness (QED) is 0.366. The van der Waals surface area contributed by atoms with E-state index in [4.69, 9.17) is 5.26 Å². The van der Waals surface area contributed by atoms with Crippen molar-refractivity contribution in [1.82, 2.24) is 0 Å². The molecule has 0 amide bonds. The molecule has 0 aliphatic heterocycles. The molecule has 0 rings (SSSR count). The molecule has 3 nitrogen and oxygen atoms in total. The van der Waals surface area contributed by atoms with Crippen LogP contribution in [0, 0.1) is 17.2 Å². The van der Waals surface area contributed by atoms with Gasteiger partial charge in [0.2, 0.25) is 0 Å². The third-order valence-electron chi connectivity index (χ3n) is 1.96. The summed E-state index contributed by atoms with van der Waals surface area (Å²) in [6.07, 6.45) is 9.13. The maximum Gasteiger partial charge on any atom is 0.323 e. The average molecular weight is 207 g/mol. The van der Waals surface area contributed by atoms with Gasteiger partial charge in [0.1, 0.15) is 5.92 Å². The van der Waals surface area contributed by atoms with Crippen LogP contribution in [-0.2, 0) is 9.53 Å². The highest BCUT2D eigenvalue weighted by Crippen LogP contribution is 2.06. The van der Waals surface area contributed by atoms with Gasteiger partial charge in [0.25, 0.3) is 0 Å². The molecule has 0 N–H and O–H groups in total.